The van der Waals surface area contributed by atoms with Crippen LogP contribution in [0.4, 0.5) is 5.69 Å². The summed E-state index contributed by atoms with van der Waals surface area (Å²) in [4.78, 5) is 12.1. The van der Waals surface area contributed by atoms with Crippen LogP contribution < -0.4 is 10.0 Å². The van der Waals surface area contributed by atoms with Gasteiger partial charge in [-0.25, -0.2) is 13.1 Å². The second-order valence-electron chi connectivity index (χ2n) is 5.75. The molecule has 25 heavy (non-hydrogen) atoms. The monoisotopic (exact) mass is 357 g/mol. The van der Waals surface area contributed by atoms with Gasteiger partial charge in [-0.2, -0.15) is 5.26 Å². The molecule has 0 spiro atoms. The SMILES string of the molecule is CC(C)c1ccc(S(=O)(=O)NCC(=O)Nc2ccccc2C#N)cc1. The Bertz CT molecular complexity index is 898. The van der Waals surface area contributed by atoms with Crippen LogP contribution in [-0.4, -0.2) is 20.9 Å². The molecule has 6 nitrogen and oxygen atoms in total. The number of nitriles is 1. The number of para-hydroxylation sites is 1. The molecule has 0 heterocycles. The lowest BCUT2D eigenvalue weighted by Crippen LogP contribution is -2.33. The molecule has 0 aliphatic rings. The fourth-order valence-corrected chi connectivity index (χ4v) is 3.14. The van der Waals surface area contributed by atoms with Crippen molar-refractivity contribution < 1.29 is 13.2 Å². The van der Waals surface area contributed by atoms with E-state index >= 15 is 0 Å². The molecule has 130 valence electrons. The number of anilines is 1. The van der Waals surface area contributed by atoms with Crippen LogP contribution in [0, 0.1) is 11.3 Å². The first kappa shape index (κ1) is 18.6. The highest BCUT2D eigenvalue weighted by atomic mass is 32.2. The predicted molar refractivity (Wildman–Crippen MR) is 95.5 cm³/mol. The zero-order valence-electron chi connectivity index (χ0n) is 14.0. The van der Waals surface area contributed by atoms with Crippen molar-refractivity contribution in [3.63, 3.8) is 0 Å². The zero-order chi connectivity index (χ0) is 18.4. The summed E-state index contributed by atoms with van der Waals surface area (Å²) in [7, 11) is -3.78. The van der Waals surface area contributed by atoms with Gasteiger partial charge in [-0.3, -0.25) is 4.79 Å². The van der Waals surface area contributed by atoms with Gasteiger partial charge in [0.15, 0.2) is 0 Å². The van der Waals surface area contributed by atoms with Crippen molar-refractivity contribution in [3.05, 3.63) is 59.7 Å². The molecule has 0 radical (unpaired) electrons. The third-order valence-corrected chi connectivity index (χ3v) is 5.02. The third-order valence-electron chi connectivity index (χ3n) is 3.60. The maximum Gasteiger partial charge on any atom is 0.241 e. The first-order valence-corrected chi connectivity index (χ1v) is 9.20. The normalized spacial score (nSPS) is 11.1. The second kappa shape index (κ2) is 7.92. The van der Waals surface area contributed by atoms with Crippen LogP contribution in [0.25, 0.3) is 0 Å². The van der Waals surface area contributed by atoms with Gasteiger partial charge in [0.25, 0.3) is 0 Å². The summed E-state index contributed by atoms with van der Waals surface area (Å²) in [5.74, 6) is -0.249. The van der Waals surface area contributed by atoms with E-state index < -0.39 is 22.5 Å². The van der Waals surface area contributed by atoms with Gasteiger partial charge in [-0.05, 0) is 35.7 Å². The van der Waals surface area contributed by atoms with Crippen molar-refractivity contribution in [2.75, 3.05) is 11.9 Å². The maximum atomic E-state index is 12.2. The first-order chi connectivity index (χ1) is 11.8. The fraction of sp³-hybridized carbons (Fsp3) is 0.222. The molecule has 0 aliphatic heterocycles. The Kier molecular flexibility index (Phi) is 5.91. The Hall–Kier alpha value is -2.69. The van der Waals surface area contributed by atoms with E-state index in [9.17, 15) is 13.2 Å². The van der Waals surface area contributed by atoms with Gasteiger partial charge in [0.1, 0.15) is 6.07 Å². The standard InChI is InChI=1S/C18H19N3O3S/c1-13(2)14-7-9-16(10-8-14)25(23,24)20-12-18(22)21-17-6-4-3-5-15(17)11-19/h3-10,13,20H,12H2,1-2H3,(H,21,22). The van der Waals surface area contributed by atoms with Crippen molar-refractivity contribution in [3.8, 4) is 6.07 Å². The summed E-state index contributed by atoms with van der Waals surface area (Å²) in [5.41, 5.74) is 1.68. The number of sulfonamides is 1. The molecule has 0 fully saturated rings. The van der Waals surface area contributed by atoms with Crippen molar-refractivity contribution in [2.45, 2.75) is 24.7 Å². The minimum atomic E-state index is -3.78. The number of rotatable bonds is 6. The molecule has 2 rings (SSSR count). The van der Waals surface area contributed by atoms with Gasteiger partial charge in [0.05, 0.1) is 22.7 Å². The quantitative estimate of drug-likeness (QED) is 0.830. The summed E-state index contributed by atoms with van der Waals surface area (Å²) >= 11 is 0. The van der Waals surface area contributed by atoms with E-state index in [1.165, 1.54) is 12.1 Å². The van der Waals surface area contributed by atoms with Crippen molar-refractivity contribution in [1.82, 2.24) is 4.72 Å². The van der Waals surface area contributed by atoms with Crippen LogP contribution in [0.5, 0.6) is 0 Å². The van der Waals surface area contributed by atoms with Gasteiger partial charge >= 0.3 is 0 Å². The number of hydrogen-bond acceptors (Lipinski definition) is 4. The first-order valence-electron chi connectivity index (χ1n) is 7.72. The lowest BCUT2D eigenvalue weighted by molar-refractivity contribution is -0.115. The largest absolute Gasteiger partial charge is 0.324 e. The van der Waals surface area contributed by atoms with Crippen LogP contribution in [-0.2, 0) is 14.8 Å². The van der Waals surface area contributed by atoms with Crippen LogP contribution in [0.15, 0.2) is 53.4 Å². The van der Waals surface area contributed by atoms with E-state index in [-0.39, 0.29) is 4.90 Å². The summed E-state index contributed by atoms with van der Waals surface area (Å²) in [6, 6.07) is 15.0. The highest BCUT2D eigenvalue weighted by Gasteiger charge is 2.16. The van der Waals surface area contributed by atoms with Gasteiger partial charge < -0.3 is 5.32 Å². The Morgan fingerprint density at radius 2 is 1.76 bits per heavy atom. The number of amides is 1. The molecule has 2 N–H and O–H groups in total. The van der Waals surface area contributed by atoms with Crippen LogP contribution >= 0.6 is 0 Å². The molecule has 2 aromatic rings. The van der Waals surface area contributed by atoms with E-state index in [1.54, 1.807) is 36.4 Å². The minimum Gasteiger partial charge on any atom is -0.324 e. The van der Waals surface area contributed by atoms with Crippen molar-refractivity contribution in [1.29, 1.82) is 5.26 Å². The molecular weight excluding hydrogens is 338 g/mol. The number of nitrogens with zero attached hydrogens (tertiary/aromatic N) is 1. The minimum absolute atomic E-state index is 0.0992. The summed E-state index contributed by atoms with van der Waals surface area (Å²) in [5, 5.41) is 11.5. The topological polar surface area (TPSA) is 99.1 Å². The van der Waals surface area contributed by atoms with E-state index in [2.05, 4.69) is 10.0 Å². The fourth-order valence-electron chi connectivity index (χ4n) is 2.16. The molecule has 0 bridgehead atoms. The molecule has 0 atom stereocenters. The number of carbonyl (C=O) groups excluding carboxylic acids is 1. The molecule has 0 saturated carbocycles. The molecule has 0 saturated heterocycles. The molecule has 1 amide bonds. The van der Waals surface area contributed by atoms with E-state index in [0.717, 1.165) is 5.56 Å². The van der Waals surface area contributed by atoms with Crippen molar-refractivity contribution >= 4 is 21.6 Å². The molecule has 0 aromatic heterocycles. The Balaban J connectivity index is 2.02. The lowest BCUT2D eigenvalue weighted by Gasteiger charge is -2.10. The molecule has 2 aromatic carbocycles. The predicted octanol–water partition coefficient (Wildman–Crippen LogP) is 2.60. The lowest BCUT2D eigenvalue weighted by atomic mass is 10.0. The van der Waals surface area contributed by atoms with Gasteiger partial charge in [0, 0.05) is 0 Å². The second-order valence-corrected chi connectivity index (χ2v) is 7.52. The average Bonchev–Trinajstić information content (AvgIpc) is 2.60. The average molecular weight is 357 g/mol. The smallest absolute Gasteiger partial charge is 0.241 e. The Morgan fingerprint density at radius 1 is 1.12 bits per heavy atom. The molecular formula is C18H19N3O3S. The summed E-state index contributed by atoms with van der Waals surface area (Å²) in [6.07, 6.45) is 0. The van der Waals surface area contributed by atoms with Crippen molar-refractivity contribution in [2.24, 2.45) is 0 Å². The molecule has 7 heteroatoms. The van der Waals surface area contributed by atoms with Crippen LogP contribution in [0.3, 0.4) is 0 Å². The Morgan fingerprint density at radius 3 is 2.36 bits per heavy atom. The third kappa shape index (κ3) is 4.89. The summed E-state index contributed by atoms with van der Waals surface area (Å²) < 4.78 is 26.8. The van der Waals surface area contributed by atoms with E-state index in [1.807, 2.05) is 19.9 Å². The highest BCUT2D eigenvalue weighted by Crippen LogP contribution is 2.17. The van der Waals surface area contributed by atoms with Crippen LogP contribution in [0.1, 0.15) is 30.9 Å². The Labute approximate surface area is 147 Å². The number of nitrogens with one attached hydrogen (secondary N) is 2. The van der Waals surface area contributed by atoms with Gasteiger partial charge in [-0.1, -0.05) is 38.1 Å². The zero-order valence-corrected chi connectivity index (χ0v) is 14.8. The maximum absolute atomic E-state index is 12.2. The highest BCUT2D eigenvalue weighted by molar-refractivity contribution is 7.89. The summed E-state index contributed by atoms with van der Waals surface area (Å²) in [6.45, 7) is 3.62. The molecule has 0 unspecified atom stereocenters. The van der Waals surface area contributed by atoms with Gasteiger partial charge in [0.2, 0.25) is 15.9 Å². The van der Waals surface area contributed by atoms with E-state index in [0.29, 0.717) is 17.2 Å². The van der Waals surface area contributed by atoms with Gasteiger partial charge in [-0.15, -0.1) is 0 Å². The number of carbonyl (C=O) groups is 1. The number of hydrogen-bond donors (Lipinski definition) is 2. The van der Waals surface area contributed by atoms with E-state index in [4.69, 9.17) is 5.26 Å². The number of benzene rings is 2. The van der Waals surface area contributed by atoms with Crippen LogP contribution in [0.2, 0.25) is 0 Å². The molecule has 0 aliphatic carbocycles.